The third kappa shape index (κ3) is 3.09. The van der Waals surface area contributed by atoms with Crippen LogP contribution in [0.3, 0.4) is 0 Å². The second-order valence-corrected chi connectivity index (χ2v) is 7.05. The van der Waals surface area contributed by atoms with E-state index < -0.39 is 0 Å². The lowest BCUT2D eigenvalue weighted by molar-refractivity contribution is 0.672. The number of hydrogen-bond donors (Lipinski definition) is 0. The number of aromatic nitrogens is 6. The monoisotopic (exact) mass is 400 g/mol. The summed E-state index contributed by atoms with van der Waals surface area (Å²) in [4.78, 5) is 17.2. The lowest BCUT2D eigenvalue weighted by atomic mass is 10.1. The van der Waals surface area contributed by atoms with Crippen LogP contribution in [-0.4, -0.2) is 29.8 Å². The topological polar surface area (TPSA) is 78.5 Å². The Bertz CT molecular complexity index is 1210. The zero-order valence-corrected chi connectivity index (χ0v) is 16.0. The van der Waals surface area contributed by atoms with Crippen LogP contribution in [0.4, 0.5) is 0 Å². The van der Waals surface area contributed by atoms with Crippen molar-refractivity contribution in [3.8, 4) is 5.69 Å². The maximum absolute atomic E-state index is 12.9. The maximum atomic E-state index is 12.9. The van der Waals surface area contributed by atoms with Crippen LogP contribution in [0.5, 0.6) is 0 Å². The number of aryl methyl sites for hydroxylation is 2. The third-order valence-corrected chi connectivity index (χ3v) is 4.85. The number of tetrazole rings is 1. The van der Waals surface area contributed by atoms with E-state index in [1.165, 1.54) is 10.9 Å². The average molecular weight is 401 g/mol. The molecule has 27 heavy (non-hydrogen) atoms. The number of rotatable bonds is 3. The molecule has 9 heteroatoms. The molecule has 0 saturated heterocycles. The number of nitrogens with zero attached hydrogens (tertiary/aromatic N) is 6. The van der Waals surface area contributed by atoms with E-state index in [1.54, 1.807) is 16.8 Å². The fraction of sp³-hybridized carbons (Fsp3) is 0.167. The molecule has 0 unspecified atom stereocenters. The second kappa shape index (κ2) is 6.75. The van der Waals surface area contributed by atoms with Crippen LogP contribution in [0.2, 0.25) is 10.0 Å². The molecule has 0 fully saturated rings. The van der Waals surface area contributed by atoms with E-state index in [1.807, 2.05) is 32.0 Å². The van der Waals surface area contributed by atoms with Gasteiger partial charge in [-0.2, -0.15) is 4.68 Å². The zero-order chi connectivity index (χ0) is 19.1. The predicted molar refractivity (Wildman–Crippen MR) is 104 cm³/mol. The number of para-hydroxylation sites is 1. The predicted octanol–water partition coefficient (Wildman–Crippen LogP) is 3.34. The van der Waals surface area contributed by atoms with E-state index in [9.17, 15) is 4.79 Å². The van der Waals surface area contributed by atoms with Gasteiger partial charge < -0.3 is 0 Å². The van der Waals surface area contributed by atoms with E-state index in [0.717, 1.165) is 16.8 Å². The van der Waals surface area contributed by atoms with Crippen molar-refractivity contribution in [2.75, 3.05) is 0 Å². The third-order valence-electron chi connectivity index (χ3n) is 4.34. The van der Waals surface area contributed by atoms with Crippen molar-refractivity contribution in [1.82, 2.24) is 29.8 Å². The van der Waals surface area contributed by atoms with Crippen molar-refractivity contribution in [2.24, 2.45) is 0 Å². The van der Waals surface area contributed by atoms with E-state index >= 15 is 0 Å². The molecule has 4 rings (SSSR count). The van der Waals surface area contributed by atoms with Crippen LogP contribution in [-0.2, 0) is 6.54 Å². The summed E-state index contributed by atoms with van der Waals surface area (Å²) in [5.41, 5.74) is 3.11. The molecule has 2 aromatic heterocycles. The molecule has 2 aromatic carbocycles. The zero-order valence-electron chi connectivity index (χ0n) is 14.5. The van der Waals surface area contributed by atoms with Crippen molar-refractivity contribution in [1.29, 1.82) is 0 Å². The molecule has 7 nitrogen and oxygen atoms in total. The Morgan fingerprint density at radius 3 is 2.59 bits per heavy atom. The number of benzene rings is 2. The van der Waals surface area contributed by atoms with Gasteiger partial charge in [0, 0.05) is 5.02 Å². The SMILES string of the molecule is Cc1cccc(C)c1-n1nnnc1Cn1cnc2c(Cl)cc(Cl)cc2c1=O. The van der Waals surface area contributed by atoms with Gasteiger partial charge >= 0.3 is 0 Å². The molecule has 136 valence electrons. The Morgan fingerprint density at radius 1 is 1.11 bits per heavy atom. The molecule has 0 radical (unpaired) electrons. The average Bonchev–Trinajstić information content (AvgIpc) is 3.05. The molecular formula is C18H14Cl2N6O. The molecule has 0 amide bonds. The highest BCUT2D eigenvalue weighted by Gasteiger charge is 2.15. The van der Waals surface area contributed by atoms with Gasteiger partial charge in [0.2, 0.25) is 0 Å². The van der Waals surface area contributed by atoms with Crippen molar-refractivity contribution in [3.63, 3.8) is 0 Å². The molecule has 0 saturated carbocycles. The lowest BCUT2D eigenvalue weighted by Gasteiger charge is -2.12. The van der Waals surface area contributed by atoms with Crippen LogP contribution in [0.15, 0.2) is 41.5 Å². The van der Waals surface area contributed by atoms with Crippen LogP contribution < -0.4 is 5.56 Å². The standard InChI is InChI=1S/C18H14Cl2N6O/c1-10-4-3-5-11(2)17(10)26-15(22-23-24-26)8-25-9-21-16-13(18(25)27)6-12(19)7-14(16)20/h3-7,9H,8H2,1-2H3. The minimum Gasteiger partial charge on any atom is -0.291 e. The van der Waals surface area contributed by atoms with Gasteiger partial charge in [0.25, 0.3) is 5.56 Å². The van der Waals surface area contributed by atoms with Crippen LogP contribution >= 0.6 is 23.2 Å². The molecular weight excluding hydrogens is 387 g/mol. The summed E-state index contributed by atoms with van der Waals surface area (Å²) in [6, 6.07) is 9.07. The second-order valence-electron chi connectivity index (χ2n) is 6.21. The van der Waals surface area contributed by atoms with Crippen molar-refractivity contribution >= 4 is 34.1 Å². The molecule has 0 aliphatic carbocycles. The minimum absolute atomic E-state index is 0.159. The summed E-state index contributed by atoms with van der Waals surface area (Å²) in [6.07, 6.45) is 1.44. The molecule has 0 atom stereocenters. The first kappa shape index (κ1) is 17.6. The van der Waals surface area contributed by atoms with Crippen molar-refractivity contribution in [2.45, 2.75) is 20.4 Å². The van der Waals surface area contributed by atoms with Crippen molar-refractivity contribution < 1.29 is 0 Å². The highest BCUT2D eigenvalue weighted by atomic mass is 35.5. The largest absolute Gasteiger partial charge is 0.291 e. The van der Waals surface area contributed by atoms with Crippen LogP contribution in [0.1, 0.15) is 17.0 Å². The Kier molecular flexibility index (Phi) is 4.41. The minimum atomic E-state index is -0.263. The fourth-order valence-corrected chi connectivity index (χ4v) is 3.62. The lowest BCUT2D eigenvalue weighted by Crippen LogP contribution is -2.23. The van der Waals surface area contributed by atoms with Crippen molar-refractivity contribution in [3.05, 3.63) is 74.0 Å². The number of fused-ring (bicyclic) bond motifs is 1. The normalized spacial score (nSPS) is 11.3. The van der Waals surface area contributed by atoms with Gasteiger partial charge in [-0.15, -0.1) is 5.10 Å². The number of halogens is 2. The van der Waals surface area contributed by atoms with Gasteiger partial charge in [0.1, 0.15) is 0 Å². The van der Waals surface area contributed by atoms with Gasteiger partial charge in [-0.1, -0.05) is 41.4 Å². The Balaban J connectivity index is 1.82. The summed E-state index contributed by atoms with van der Waals surface area (Å²) < 4.78 is 3.08. The molecule has 0 N–H and O–H groups in total. The molecule has 0 aliphatic heterocycles. The van der Waals surface area contributed by atoms with E-state index in [4.69, 9.17) is 23.2 Å². The summed E-state index contributed by atoms with van der Waals surface area (Å²) in [5.74, 6) is 0.517. The summed E-state index contributed by atoms with van der Waals surface area (Å²) >= 11 is 12.2. The first-order chi connectivity index (χ1) is 13.0. The number of hydrogen-bond acceptors (Lipinski definition) is 5. The highest BCUT2D eigenvalue weighted by Crippen LogP contribution is 2.24. The fourth-order valence-electron chi connectivity index (χ4n) is 3.08. The Labute approximate surface area is 164 Å². The molecule has 4 aromatic rings. The van der Waals surface area contributed by atoms with Gasteiger partial charge in [0.05, 0.1) is 34.5 Å². The van der Waals surface area contributed by atoms with Gasteiger partial charge in [-0.25, -0.2) is 4.98 Å². The quantitative estimate of drug-likeness (QED) is 0.526. The highest BCUT2D eigenvalue weighted by molar-refractivity contribution is 6.38. The summed E-state index contributed by atoms with van der Waals surface area (Å²) in [5, 5.41) is 13.0. The van der Waals surface area contributed by atoms with Gasteiger partial charge in [-0.05, 0) is 47.5 Å². The van der Waals surface area contributed by atoms with Crippen LogP contribution in [0, 0.1) is 13.8 Å². The van der Waals surface area contributed by atoms with E-state index in [0.29, 0.717) is 26.8 Å². The first-order valence-corrected chi connectivity index (χ1v) is 8.89. The van der Waals surface area contributed by atoms with Crippen LogP contribution in [0.25, 0.3) is 16.6 Å². The van der Waals surface area contributed by atoms with E-state index in [-0.39, 0.29) is 12.1 Å². The van der Waals surface area contributed by atoms with Gasteiger partial charge in [-0.3, -0.25) is 9.36 Å². The Hall–Kier alpha value is -2.77. The van der Waals surface area contributed by atoms with Gasteiger partial charge in [0.15, 0.2) is 5.82 Å². The summed E-state index contributed by atoms with van der Waals surface area (Å²) in [6.45, 7) is 4.13. The molecule has 0 bridgehead atoms. The molecule has 0 aliphatic rings. The van der Waals surface area contributed by atoms with E-state index in [2.05, 4.69) is 20.5 Å². The molecule has 0 spiro atoms. The summed E-state index contributed by atoms with van der Waals surface area (Å²) in [7, 11) is 0. The Morgan fingerprint density at radius 2 is 1.85 bits per heavy atom. The molecule has 2 heterocycles. The maximum Gasteiger partial charge on any atom is 0.261 e. The smallest absolute Gasteiger partial charge is 0.261 e. The first-order valence-electron chi connectivity index (χ1n) is 8.14.